The number of hydrogen-bond donors (Lipinski definition) is 1. The smallest absolute Gasteiger partial charge is 0.434 e. The van der Waals surface area contributed by atoms with Crippen molar-refractivity contribution in [1.29, 1.82) is 0 Å². The van der Waals surface area contributed by atoms with Crippen LogP contribution in [0, 0.1) is 12.7 Å². The number of nitrogens with zero attached hydrogens (tertiary/aromatic N) is 4. The highest BCUT2D eigenvalue weighted by Crippen LogP contribution is 2.36. The van der Waals surface area contributed by atoms with E-state index < -0.39 is 29.2 Å². The van der Waals surface area contributed by atoms with Crippen LogP contribution in [-0.2, 0) is 17.5 Å². The first-order chi connectivity index (χ1) is 21.0. The van der Waals surface area contributed by atoms with Gasteiger partial charge in [-0.05, 0) is 66.6 Å². The largest absolute Gasteiger partial charge is 0.485 e. The molecule has 9 nitrogen and oxygen atoms in total. The highest BCUT2D eigenvalue weighted by atomic mass is 19.4. The van der Waals surface area contributed by atoms with Crippen LogP contribution < -0.4 is 4.74 Å². The number of benzene rings is 2. The van der Waals surface area contributed by atoms with Gasteiger partial charge in [-0.15, -0.1) is 0 Å². The Morgan fingerprint density at radius 1 is 1.07 bits per heavy atom. The number of hydrogen-bond acceptors (Lipinski definition) is 6. The van der Waals surface area contributed by atoms with Crippen molar-refractivity contribution in [2.75, 3.05) is 20.2 Å². The van der Waals surface area contributed by atoms with E-state index in [0.29, 0.717) is 24.0 Å². The normalized spacial score (nSPS) is 14.0. The van der Waals surface area contributed by atoms with Crippen LogP contribution in [0.1, 0.15) is 51.5 Å². The van der Waals surface area contributed by atoms with Gasteiger partial charge < -0.3 is 19.5 Å². The van der Waals surface area contributed by atoms with Crippen LogP contribution in [0.5, 0.6) is 5.75 Å². The Morgan fingerprint density at radius 3 is 2.45 bits per heavy atom. The molecular formula is C31H28F4N4O5. The van der Waals surface area contributed by atoms with Crippen molar-refractivity contribution in [2.45, 2.75) is 38.5 Å². The van der Waals surface area contributed by atoms with Crippen molar-refractivity contribution < 1.29 is 41.7 Å². The van der Waals surface area contributed by atoms with Crippen LogP contribution in [0.15, 0.2) is 60.8 Å². The van der Waals surface area contributed by atoms with E-state index in [1.54, 1.807) is 4.90 Å². The molecule has 2 aromatic carbocycles. The number of alkyl halides is 3. The lowest BCUT2D eigenvalue weighted by Gasteiger charge is -2.31. The number of likely N-dealkylation sites (tertiary alicyclic amines) is 1. The fraction of sp³-hybridized carbons (Fsp3) is 0.290. The first-order valence-corrected chi connectivity index (χ1v) is 13.7. The molecular weight excluding hydrogens is 584 g/mol. The zero-order valence-electron chi connectivity index (χ0n) is 23.8. The van der Waals surface area contributed by atoms with E-state index in [1.807, 2.05) is 19.1 Å². The first kappa shape index (κ1) is 30.5. The van der Waals surface area contributed by atoms with Crippen molar-refractivity contribution in [3.05, 3.63) is 94.6 Å². The van der Waals surface area contributed by atoms with Gasteiger partial charge in [-0.3, -0.25) is 0 Å². The number of rotatable bonds is 7. The number of ether oxygens (including phenoxy) is 2. The molecule has 0 aliphatic carbocycles. The second kappa shape index (κ2) is 12.3. The van der Waals surface area contributed by atoms with Crippen molar-refractivity contribution in [3.63, 3.8) is 0 Å². The Morgan fingerprint density at radius 2 is 1.80 bits per heavy atom. The maximum Gasteiger partial charge on any atom is 0.434 e. The highest BCUT2D eigenvalue weighted by Gasteiger charge is 2.41. The third-order valence-electron chi connectivity index (χ3n) is 7.60. The van der Waals surface area contributed by atoms with Gasteiger partial charge in [-0.2, -0.15) is 18.3 Å². The summed E-state index contributed by atoms with van der Waals surface area (Å²) >= 11 is 0. The first-order valence-electron chi connectivity index (χ1n) is 13.7. The fourth-order valence-corrected chi connectivity index (χ4v) is 5.31. The van der Waals surface area contributed by atoms with E-state index in [4.69, 9.17) is 9.47 Å². The van der Waals surface area contributed by atoms with E-state index in [-0.39, 0.29) is 41.4 Å². The van der Waals surface area contributed by atoms with E-state index in [0.717, 1.165) is 29.5 Å². The topological polar surface area (TPSA) is 107 Å². The van der Waals surface area contributed by atoms with Crippen LogP contribution in [0.25, 0.3) is 17.1 Å². The van der Waals surface area contributed by atoms with Gasteiger partial charge in [-0.25, -0.2) is 23.6 Å². The Balaban J connectivity index is 1.37. The van der Waals surface area contributed by atoms with Crippen molar-refractivity contribution >= 4 is 12.1 Å². The molecule has 1 amide bonds. The molecule has 1 saturated heterocycles. The Labute approximate surface area is 249 Å². The molecule has 0 spiro atoms. The summed E-state index contributed by atoms with van der Waals surface area (Å²) in [6, 6.07) is 14.2. The molecule has 0 radical (unpaired) electrons. The van der Waals surface area contributed by atoms with Crippen molar-refractivity contribution in [3.8, 4) is 22.8 Å². The SMILES string of the molecule is COC(=O)N1CCC(c2ccc(COc3c(F)cccc3-c3cccc(-n4ncc(C(=O)O)c4C(F)(F)F)n3)c(C)c2)CC1. The molecule has 13 heteroatoms. The molecule has 0 atom stereocenters. The van der Waals surface area contributed by atoms with E-state index in [1.165, 1.54) is 43.5 Å². The summed E-state index contributed by atoms with van der Waals surface area (Å²) in [6.45, 7) is 3.14. The lowest BCUT2D eigenvalue weighted by Crippen LogP contribution is -2.37. The molecule has 1 N–H and O–H groups in total. The zero-order valence-corrected chi connectivity index (χ0v) is 23.8. The number of aromatic carboxylic acids is 1. The van der Waals surface area contributed by atoms with Crippen LogP contribution in [-0.4, -0.2) is 57.0 Å². The minimum absolute atomic E-state index is 0.0138. The Kier molecular flexibility index (Phi) is 8.56. The Bertz CT molecular complexity index is 1700. The number of methoxy groups -OCH3 is 1. The maximum atomic E-state index is 15.1. The molecule has 230 valence electrons. The van der Waals surface area contributed by atoms with Crippen LogP contribution in [0.2, 0.25) is 0 Å². The second-order valence-electron chi connectivity index (χ2n) is 10.3. The predicted octanol–water partition coefficient (Wildman–Crippen LogP) is 6.62. The van der Waals surface area contributed by atoms with Gasteiger partial charge in [0.05, 0.1) is 19.0 Å². The van der Waals surface area contributed by atoms with Gasteiger partial charge in [0.25, 0.3) is 0 Å². The summed E-state index contributed by atoms with van der Waals surface area (Å²) in [6.07, 6.45) is -3.15. The lowest BCUT2D eigenvalue weighted by molar-refractivity contribution is -0.143. The van der Waals surface area contributed by atoms with Crippen molar-refractivity contribution in [1.82, 2.24) is 19.7 Å². The number of aromatic nitrogens is 3. The number of carboxylic acids is 1. The second-order valence-corrected chi connectivity index (χ2v) is 10.3. The van der Waals surface area contributed by atoms with Gasteiger partial charge in [0.15, 0.2) is 23.1 Å². The third kappa shape index (κ3) is 6.21. The minimum Gasteiger partial charge on any atom is -0.485 e. The molecule has 1 aliphatic heterocycles. The highest BCUT2D eigenvalue weighted by molar-refractivity contribution is 5.89. The standard InChI is InChI=1S/C31H28F4N4O5/c1-18-15-20(19-11-13-38(14-12-19)30(42)43-2)9-10-21(18)17-44-27-22(5-3-6-24(27)32)25-7-4-8-26(37-25)39-28(31(33,34)35)23(16-36-39)29(40)41/h3-10,15-16,19H,11-14,17H2,1-2H3,(H,40,41). The van der Waals surface area contributed by atoms with Gasteiger partial charge in [-0.1, -0.05) is 30.3 Å². The summed E-state index contributed by atoms with van der Waals surface area (Å²) in [7, 11) is 1.36. The predicted molar refractivity (Wildman–Crippen MR) is 150 cm³/mol. The number of piperidine rings is 1. The van der Waals surface area contributed by atoms with Crippen molar-refractivity contribution in [2.24, 2.45) is 0 Å². The number of carbonyl (C=O) groups is 2. The molecule has 3 heterocycles. The number of pyridine rings is 1. The quantitative estimate of drug-likeness (QED) is 0.234. The minimum atomic E-state index is -5.02. The maximum absolute atomic E-state index is 15.1. The fourth-order valence-electron chi connectivity index (χ4n) is 5.31. The van der Waals surface area contributed by atoms with E-state index >= 15 is 4.39 Å². The van der Waals surface area contributed by atoms with Gasteiger partial charge >= 0.3 is 18.2 Å². The number of para-hydroxylation sites is 1. The molecule has 4 aromatic rings. The van der Waals surface area contributed by atoms with Crippen LogP contribution in [0.4, 0.5) is 22.4 Å². The Hall–Kier alpha value is -4.94. The molecule has 0 saturated carbocycles. The van der Waals surface area contributed by atoms with E-state index in [9.17, 15) is 27.9 Å². The summed E-state index contributed by atoms with van der Waals surface area (Å²) in [5, 5.41) is 12.8. The number of carboxylic acid groups (broad SMARTS) is 1. The summed E-state index contributed by atoms with van der Waals surface area (Å²) in [4.78, 5) is 29.1. The third-order valence-corrected chi connectivity index (χ3v) is 7.60. The average molecular weight is 613 g/mol. The average Bonchev–Trinajstić information content (AvgIpc) is 3.48. The van der Waals surface area contributed by atoms with E-state index in [2.05, 4.69) is 16.1 Å². The molecule has 44 heavy (non-hydrogen) atoms. The molecule has 1 fully saturated rings. The summed E-state index contributed by atoms with van der Waals surface area (Å²) in [5.74, 6) is -2.64. The molecule has 2 aromatic heterocycles. The lowest BCUT2D eigenvalue weighted by atomic mass is 9.88. The number of amides is 1. The molecule has 1 aliphatic rings. The number of carbonyl (C=O) groups excluding carboxylic acids is 1. The number of halogens is 4. The summed E-state index contributed by atoms with van der Waals surface area (Å²) in [5.41, 5.74) is 0.658. The number of aryl methyl sites for hydroxylation is 1. The van der Waals surface area contributed by atoms with Gasteiger partial charge in [0, 0.05) is 18.7 Å². The molecule has 0 unspecified atom stereocenters. The van der Waals surface area contributed by atoms with Gasteiger partial charge in [0.2, 0.25) is 0 Å². The molecule has 0 bridgehead atoms. The van der Waals surface area contributed by atoms with Crippen LogP contribution >= 0.6 is 0 Å². The monoisotopic (exact) mass is 612 g/mol. The van der Waals surface area contributed by atoms with Gasteiger partial charge in [0.1, 0.15) is 12.2 Å². The van der Waals surface area contributed by atoms with Crippen LogP contribution in [0.3, 0.4) is 0 Å². The summed E-state index contributed by atoms with van der Waals surface area (Å²) < 4.78 is 67.5. The zero-order chi connectivity index (χ0) is 31.6. The molecule has 5 rings (SSSR count).